The fourth-order valence-electron chi connectivity index (χ4n) is 2.08. The number of aromatic nitrogens is 2. The van der Waals surface area contributed by atoms with Gasteiger partial charge in [0.05, 0.1) is 16.6 Å². The molecule has 0 aliphatic heterocycles. The van der Waals surface area contributed by atoms with E-state index < -0.39 is 11.7 Å². The maximum absolute atomic E-state index is 12.7. The predicted molar refractivity (Wildman–Crippen MR) is 72.9 cm³/mol. The molecule has 6 heteroatoms. The van der Waals surface area contributed by atoms with Crippen molar-refractivity contribution in [2.45, 2.75) is 13.1 Å². The Labute approximate surface area is 118 Å². The number of hydrogen-bond donors (Lipinski definition) is 2. The van der Waals surface area contributed by atoms with Crippen LogP contribution < -0.4 is 0 Å². The average Bonchev–Trinajstić information content (AvgIpc) is 2.83. The number of aromatic amines is 1. The Kier molecular flexibility index (Phi) is 2.90. The predicted octanol–water partition coefficient (Wildman–Crippen LogP) is 4.26. The van der Waals surface area contributed by atoms with Crippen molar-refractivity contribution in [2.75, 3.05) is 0 Å². The van der Waals surface area contributed by atoms with Crippen molar-refractivity contribution in [3.63, 3.8) is 0 Å². The summed E-state index contributed by atoms with van der Waals surface area (Å²) in [6.07, 6.45) is -4.39. The van der Waals surface area contributed by atoms with Crippen molar-refractivity contribution < 1.29 is 18.3 Å². The van der Waals surface area contributed by atoms with Gasteiger partial charge < -0.3 is 10.1 Å². The summed E-state index contributed by atoms with van der Waals surface area (Å²) in [4.78, 5) is 7.09. The van der Waals surface area contributed by atoms with Crippen LogP contribution in [0.4, 0.5) is 13.2 Å². The van der Waals surface area contributed by atoms with E-state index >= 15 is 0 Å². The Morgan fingerprint density at radius 3 is 2.52 bits per heavy atom. The zero-order valence-electron chi connectivity index (χ0n) is 11.0. The zero-order chi connectivity index (χ0) is 15.2. The third-order valence-corrected chi connectivity index (χ3v) is 3.29. The second-order valence-corrected chi connectivity index (χ2v) is 4.82. The van der Waals surface area contributed by atoms with Gasteiger partial charge in [-0.15, -0.1) is 0 Å². The van der Waals surface area contributed by atoms with E-state index in [2.05, 4.69) is 9.97 Å². The van der Waals surface area contributed by atoms with Gasteiger partial charge in [0, 0.05) is 5.56 Å². The van der Waals surface area contributed by atoms with Crippen LogP contribution in [0.15, 0.2) is 36.4 Å². The topological polar surface area (TPSA) is 48.9 Å². The summed E-state index contributed by atoms with van der Waals surface area (Å²) >= 11 is 0. The standard InChI is InChI=1S/C15H11F3N2O/c1-8-2-3-9(6-13(8)21)14-19-11-5-4-10(15(16,17)18)7-12(11)20-14/h2-7,21H,1H3,(H,19,20). The summed E-state index contributed by atoms with van der Waals surface area (Å²) < 4.78 is 38.0. The first-order valence-electron chi connectivity index (χ1n) is 6.21. The summed E-state index contributed by atoms with van der Waals surface area (Å²) in [7, 11) is 0. The van der Waals surface area contributed by atoms with Gasteiger partial charge in [-0.2, -0.15) is 13.2 Å². The lowest BCUT2D eigenvalue weighted by Gasteiger charge is -2.05. The Morgan fingerprint density at radius 1 is 1.10 bits per heavy atom. The quantitative estimate of drug-likeness (QED) is 0.704. The SMILES string of the molecule is Cc1ccc(-c2nc3ccc(C(F)(F)F)cc3[nH]2)cc1O. The van der Waals surface area contributed by atoms with Crippen LogP contribution in [0.3, 0.4) is 0 Å². The number of benzene rings is 2. The number of nitrogens with one attached hydrogen (secondary N) is 1. The number of aryl methyl sites for hydroxylation is 1. The highest BCUT2D eigenvalue weighted by Gasteiger charge is 2.30. The number of halogens is 3. The maximum Gasteiger partial charge on any atom is 0.416 e. The van der Waals surface area contributed by atoms with Crippen LogP contribution in [0, 0.1) is 6.92 Å². The second-order valence-electron chi connectivity index (χ2n) is 4.82. The third-order valence-electron chi connectivity index (χ3n) is 3.29. The molecule has 0 radical (unpaired) electrons. The zero-order valence-corrected chi connectivity index (χ0v) is 11.0. The first-order chi connectivity index (χ1) is 9.84. The number of hydrogen-bond acceptors (Lipinski definition) is 2. The maximum atomic E-state index is 12.7. The number of phenols is 1. The van der Waals surface area contributed by atoms with E-state index in [0.29, 0.717) is 28.0 Å². The van der Waals surface area contributed by atoms with E-state index in [4.69, 9.17) is 0 Å². The van der Waals surface area contributed by atoms with Gasteiger partial charge in [-0.05, 0) is 36.8 Å². The first kappa shape index (κ1) is 13.5. The highest BCUT2D eigenvalue weighted by molar-refractivity contribution is 5.80. The highest BCUT2D eigenvalue weighted by atomic mass is 19.4. The molecule has 3 aromatic rings. The molecule has 21 heavy (non-hydrogen) atoms. The van der Waals surface area contributed by atoms with E-state index in [1.807, 2.05) is 0 Å². The molecular weight excluding hydrogens is 281 g/mol. The fourth-order valence-corrected chi connectivity index (χ4v) is 2.08. The molecule has 2 aromatic carbocycles. The molecule has 0 saturated heterocycles. The largest absolute Gasteiger partial charge is 0.508 e. The minimum Gasteiger partial charge on any atom is -0.508 e. The third kappa shape index (κ3) is 2.44. The molecule has 0 unspecified atom stereocenters. The van der Waals surface area contributed by atoms with Gasteiger partial charge in [0.1, 0.15) is 11.6 Å². The normalized spacial score (nSPS) is 12.0. The van der Waals surface area contributed by atoms with E-state index in [0.717, 1.165) is 12.1 Å². The number of H-pyrrole nitrogens is 1. The Hall–Kier alpha value is -2.50. The minimum absolute atomic E-state index is 0.115. The number of alkyl halides is 3. The number of phenolic OH excluding ortho intramolecular Hbond substituents is 1. The van der Waals surface area contributed by atoms with Crippen molar-refractivity contribution in [1.82, 2.24) is 9.97 Å². The Balaban J connectivity index is 2.10. The van der Waals surface area contributed by atoms with Crippen LogP contribution in [0.25, 0.3) is 22.4 Å². The molecule has 3 rings (SSSR count). The van der Waals surface area contributed by atoms with Gasteiger partial charge in [-0.1, -0.05) is 12.1 Å². The van der Waals surface area contributed by atoms with Crippen molar-refractivity contribution in [1.29, 1.82) is 0 Å². The van der Waals surface area contributed by atoms with Gasteiger partial charge in [0.25, 0.3) is 0 Å². The van der Waals surface area contributed by atoms with Crippen LogP contribution >= 0.6 is 0 Å². The summed E-state index contributed by atoms with van der Waals surface area (Å²) in [5, 5.41) is 9.70. The smallest absolute Gasteiger partial charge is 0.416 e. The molecule has 1 heterocycles. The lowest BCUT2D eigenvalue weighted by Crippen LogP contribution is -2.04. The van der Waals surface area contributed by atoms with Gasteiger partial charge in [-0.3, -0.25) is 0 Å². The number of aromatic hydroxyl groups is 1. The monoisotopic (exact) mass is 292 g/mol. The molecule has 0 aliphatic carbocycles. The Bertz CT molecular complexity index is 821. The van der Waals surface area contributed by atoms with Gasteiger partial charge >= 0.3 is 6.18 Å². The molecule has 0 saturated carbocycles. The molecule has 0 aliphatic rings. The molecular formula is C15H11F3N2O. The van der Waals surface area contributed by atoms with Crippen molar-refractivity contribution in [3.8, 4) is 17.1 Å². The second kappa shape index (κ2) is 4.51. The average molecular weight is 292 g/mol. The molecule has 0 amide bonds. The van der Waals surface area contributed by atoms with Gasteiger partial charge in [0.15, 0.2) is 0 Å². The molecule has 0 spiro atoms. The van der Waals surface area contributed by atoms with E-state index in [9.17, 15) is 18.3 Å². The van der Waals surface area contributed by atoms with Crippen LogP contribution in [0.2, 0.25) is 0 Å². The molecule has 2 N–H and O–H groups in total. The summed E-state index contributed by atoms with van der Waals surface area (Å²) in [6, 6.07) is 8.35. The van der Waals surface area contributed by atoms with Crippen molar-refractivity contribution in [3.05, 3.63) is 47.5 Å². The number of nitrogens with zero attached hydrogens (tertiary/aromatic N) is 1. The summed E-state index contributed by atoms with van der Waals surface area (Å²) in [5.41, 5.74) is 1.35. The van der Waals surface area contributed by atoms with Gasteiger partial charge in [0.2, 0.25) is 0 Å². The Morgan fingerprint density at radius 2 is 1.86 bits per heavy atom. The van der Waals surface area contributed by atoms with E-state index in [-0.39, 0.29) is 5.75 Å². The summed E-state index contributed by atoms with van der Waals surface area (Å²) in [6.45, 7) is 1.76. The number of rotatable bonds is 1. The molecule has 108 valence electrons. The number of fused-ring (bicyclic) bond motifs is 1. The van der Waals surface area contributed by atoms with Gasteiger partial charge in [-0.25, -0.2) is 4.98 Å². The molecule has 1 aromatic heterocycles. The fraction of sp³-hybridized carbons (Fsp3) is 0.133. The van der Waals surface area contributed by atoms with Crippen LogP contribution in [-0.2, 0) is 6.18 Å². The minimum atomic E-state index is -4.39. The van der Waals surface area contributed by atoms with Crippen LogP contribution in [0.5, 0.6) is 5.75 Å². The van der Waals surface area contributed by atoms with E-state index in [1.165, 1.54) is 12.1 Å². The molecule has 0 bridgehead atoms. The van der Waals surface area contributed by atoms with Crippen LogP contribution in [0.1, 0.15) is 11.1 Å². The highest BCUT2D eigenvalue weighted by Crippen LogP contribution is 2.32. The van der Waals surface area contributed by atoms with E-state index in [1.54, 1.807) is 19.1 Å². The molecule has 3 nitrogen and oxygen atoms in total. The first-order valence-corrected chi connectivity index (χ1v) is 6.21. The van der Waals surface area contributed by atoms with Crippen LogP contribution in [-0.4, -0.2) is 15.1 Å². The lowest BCUT2D eigenvalue weighted by atomic mass is 10.1. The molecule has 0 atom stereocenters. The lowest BCUT2D eigenvalue weighted by molar-refractivity contribution is -0.137. The molecule has 0 fully saturated rings. The van der Waals surface area contributed by atoms with Crippen molar-refractivity contribution in [2.24, 2.45) is 0 Å². The van der Waals surface area contributed by atoms with Crippen molar-refractivity contribution >= 4 is 11.0 Å². The summed E-state index contributed by atoms with van der Waals surface area (Å²) in [5.74, 6) is 0.531. The number of imidazole rings is 1.